The van der Waals surface area contributed by atoms with Gasteiger partial charge in [-0.15, -0.1) is 0 Å². The summed E-state index contributed by atoms with van der Waals surface area (Å²) >= 11 is 0. The third-order valence-electron chi connectivity index (χ3n) is 5.38. The summed E-state index contributed by atoms with van der Waals surface area (Å²) in [5.74, 6) is 2.09. The van der Waals surface area contributed by atoms with E-state index in [-0.39, 0.29) is 0 Å². The molecule has 0 bridgehead atoms. The van der Waals surface area contributed by atoms with Crippen LogP contribution < -0.4 is 5.32 Å². The van der Waals surface area contributed by atoms with Gasteiger partial charge in [-0.25, -0.2) is 0 Å². The summed E-state index contributed by atoms with van der Waals surface area (Å²) in [5.41, 5.74) is 0. The van der Waals surface area contributed by atoms with E-state index in [0.717, 1.165) is 70.1 Å². The fourth-order valence-electron chi connectivity index (χ4n) is 3.67. The highest BCUT2D eigenvalue weighted by Crippen LogP contribution is 2.34. The number of guanidine groups is 1. The zero-order valence-corrected chi connectivity index (χ0v) is 15.7. The molecular weight excluding hydrogens is 300 g/mol. The molecule has 1 heterocycles. The fourth-order valence-corrected chi connectivity index (χ4v) is 3.67. The van der Waals surface area contributed by atoms with Gasteiger partial charge in [0.1, 0.15) is 0 Å². The van der Waals surface area contributed by atoms with Crippen molar-refractivity contribution < 1.29 is 4.74 Å². The Hall–Kier alpha value is -0.810. The van der Waals surface area contributed by atoms with E-state index in [9.17, 15) is 0 Å². The number of nitrogens with one attached hydrogen (secondary N) is 1. The SMILES string of the molecule is CCNC(=NCCN(CC1CC1)C1CC1)N1CCC(OCC)CC1. The molecule has 2 aliphatic carbocycles. The van der Waals surface area contributed by atoms with Crippen LogP contribution in [0.15, 0.2) is 4.99 Å². The Balaban J connectivity index is 1.46. The third kappa shape index (κ3) is 5.62. The Morgan fingerprint density at radius 2 is 1.88 bits per heavy atom. The first-order chi connectivity index (χ1) is 11.8. The lowest BCUT2D eigenvalue weighted by Gasteiger charge is -2.34. The molecule has 0 aromatic rings. The second-order valence-electron chi connectivity index (χ2n) is 7.55. The van der Waals surface area contributed by atoms with Crippen LogP contribution in [0.3, 0.4) is 0 Å². The number of nitrogens with zero attached hydrogens (tertiary/aromatic N) is 3. The lowest BCUT2D eigenvalue weighted by Crippen LogP contribution is -2.47. The van der Waals surface area contributed by atoms with Crippen LogP contribution in [0.2, 0.25) is 0 Å². The van der Waals surface area contributed by atoms with E-state index in [4.69, 9.17) is 9.73 Å². The van der Waals surface area contributed by atoms with Crippen LogP contribution in [0.1, 0.15) is 52.4 Å². The Morgan fingerprint density at radius 1 is 1.12 bits per heavy atom. The Kier molecular flexibility index (Phi) is 6.78. The molecule has 5 heteroatoms. The van der Waals surface area contributed by atoms with Gasteiger partial charge in [0.15, 0.2) is 5.96 Å². The maximum atomic E-state index is 5.77. The predicted molar refractivity (Wildman–Crippen MR) is 99.5 cm³/mol. The molecular formula is C19H36N4O. The number of piperidine rings is 1. The van der Waals surface area contributed by atoms with E-state index >= 15 is 0 Å². The van der Waals surface area contributed by atoms with Crippen molar-refractivity contribution in [2.24, 2.45) is 10.9 Å². The zero-order valence-electron chi connectivity index (χ0n) is 15.7. The molecule has 1 saturated heterocycles. The number of ether oxygens (including phenoxy) is 1. The summed E-state index contributed by atoms with van der Waals surface area (Å²) in [6.07, 6.45) is 8.39. The minimum atomic E-state index is 0.443. The smallest absolute Gasteiger partial charge is 0.193 e. The third-order valence-corrected chi connectivity index (χ3v) is 5.38. The number of rotatable bonds is 9. The van der Waals surface area contributed by atoms with Crippen molar-refractivity contribution >= 4 is 5.96 Å². The molecule has 0 aromatic carbocycles. The highest BCUT2D eigenvalue weighted by Gasteiger charge is 2.33. The Morgan fingerprint density at radius 3 is 2.46 bits per heavy atom. The van der Waals surface area contributed by atoms with Crippen LogP contribution in [0, 0.1) is 5.92 Å². The lowest BCUT2D eigenvalue weighted by molar-refractivity contribution is 0.0263. The summed E-state index contributed by atoms with van der Waals surface area (Å²) in [6.45, 7) is 11.5. The summed E-state index contributed by atoms with van der Waals surface area (Å²) in [6, 6.07) is 0.866. The van der Waals surface area contributed by atoms with Crippen LogP contribution in [0.4, 0.5) is 0 Å². The van der Waals surface area contributed by atoms with E-state index in [1.165, 1.54) is 32.2 Å². The standard InChI is InChI=1S/C19H36N4O/c1-3-20-19(22-12-9-18(10-13-22)24-4-2)21-11-14-23(17-7-8-17)15-16-5-6-16/h16-18H,3-15H2,1-2H3,(H,20,21). The first kappa shape index (κ1) is 18.0. The Labute approximate surface area is 147 Å². The first-order valence-corrected chi connectivity index (χ1v) is 10.2. The summed E-state index contributed by atoms with van der Waals surface area (Å²) in [7, 11) is 0. The molecule has 0 aromatic heterocycles. The van der Waals surface area contributed by atoms with Crippen molar-refractivity contribution in [3.63, 3.8) is 0 Å². The summed E-state index contributed by atoms with van der Waals surface area (Å²) in [5, 5.41) is 3.49. The maximum Gasteiger partial charge on any atom is 0.193 e. The molecule has 3 aliphatic rings. The van der Waals surface area contributed by atoms with E-state index in [1.807, 2.05) is 0 Å². The monoisotopic (exact) mass is 336 g/mol. The molecule has 5 nitrogen and oxygen atoms in total. The molecule has 3 fully saturated rings. The van der Waals surface area contributed by atoms with E-state index in [1.54, 1.807) is 0 Å². The molecule has 0 atom stereocenters. The normalized spacial score (nSPS) is 23.1. The number of likely N-dealkylation sites (tertiary alicyclic amines) is 1. The van der Waals surface area contributed by atoms with Gasteiger partial charge in [-0.05, 0) is 58.3 Å². The van der Waals surface area contributed by atoms with Gasteiger partial charge in [0.2, 0.25) is 0 Å². The molecule has 0 amide bonds. The molecule has 0 spiro atoms. The minimum Gasteiger partial charge on any atom is -0.378 e. The highest BCUT2D eigenvalue weighted by atomic mass is 16.5. The molecule has 138 valence electrons. The van der Waals surface area contributed by atoms with Crippen molar-refractivity contribution in [2.45, 2.75) is 64.5 Å². The number of aliphatic imine (C=N–C) groups is 1. The van der Waals surface area contributed by atoms with Gasteiger partial charge in [-0.2, -0.15) is 0 Å². The van der Waals surface area contributed by atoms with Crippen molar-refractivity contribution in [1.29, 1.82) is 0 Å². The van der Waals surface area contributed by atoms with Crippen molar-refractivity contribution in [1.82, 2.24) is 15.1 Å². The van der Waals surface area contributed by atoms with Crippen LogP contribution in [0.5, 0.6) is 0 Å². The first-order valence-electron chi connectivity index (χ1n) is 10.2. The number of hydrogen-bond donors (Lipinski definition) is 1. The van der Waals surface area contributed by atoms with Crippen LogP contribution in [-0.2, 0) is 4.74 Å². The van der Waals surface area contributed by atoms with Crippen LogP contribution in [0.25, 0.3) is 0 Å². The van der Waals surface area contributed by atoms with E-state index in [2.05, 4.69) is 29.0 Å². The fraction of sp³-hybridized carbons (Fsp3) is 0.947. The second kappa shape index (κ2) is 9.04. The molecule has 2 saturated carbocycles. The van der Waals surface area contributed by atoms with Gasteiger partial charge in [0.25, 0.3) is 0 Å². The largest absolute Gasteiger partial charge is 0.378 e. The highest BCUT2D eigenvalue weighted by molar-refractivity contribution is 5.80. The molecule has 0 radical (unpaired) electrons. The van der Waals surface area contributed by atoms with Gasteiger partial charge >= 0.3 is 0 Å². The molecule has 3 rings (SSSR count). The van der Waals surface area contributed by atoms with Crippen molar-refractivity contribution in [2.75, 3.05) is 45.9 Å². The quantitative estimate of drug-likeness (QED) is 0.518. The van der Waals surface area contributed by atoms with Gasteiger partial charge in [0.05, 0.1) is 12.6 Å². The van der Waals surface area contributed by atoms with Crippen LogP contribution in [-0.4, -0.2) is 73.8 Å². The van der Waals surface area contributed by atoms with Gasteiger partial charge < -0.3 is 15.0 Å². The summed E-state index contributed by atoms with van der Waals surface area (Å²) < 4.78 is 5.77. The molecule has 24 heavy (non-hydrogen) atoms. The predicted octanol–water partition coefficient (Wildman–Crippen LogP) is 2.33. The average molecular weight is 337 g/mol. The lowest BCUT2D eigenvalue weighted by atomic mass is 10.1. The van der Waals surface area contributed by atoms with Gasteiger partial charge in [-0.1, -0.05) is 0 Å². The van der Waals surface area contributed by atoms with E-state index in [0.29, 0.717) is 6.10 Å². The van der Waals surface area contributed by atoms with Crippen molar-refractivity contribution in [3.05, 3.63) is 0 Å². The number of hydrogen-bond acceptors (Lipinski definition) is 3. The second-order valence-corrected chi connectivity index (χ2v) is 7.55. The zero-order chi connectivity index (χ0) is 16.8. The Bertz CT molecular complexity index is 398. The molecule has 1 aliphatic heterocycles. The topological polar surface area (TPSA) is 40.1 Å². The van der Waals surface area contributed by atoms with Gasteiger partial charge in [-0.3, -0.25) is 9.89 Å². The van der Waals surface area contributed by atoms with Crippen molar-refractivity contribution in [3.8, 4) is 0 Å². The maximum absolute atomic E-state index is 5.77. The van der Waals surface area contributed by atoms with E-state index < -0.39 is 0 Å². The van der Waals surface area contributed by atoms with Gasteiger partial charge in [0, 0.05) is 45.4 Å². The summed E-state index contributed by atoms with van der Waals surface area (Å²) in [4.78, 5) is 10.1. The molecule has 0 unspecified atom stereocenters. The molecule has 1 N–H and O–H groups in total. The minimum absolute atomic E-state index is 0.443. The average Bonchev–Trinajstić information content (AvgIpc) is 3.47. The van der Waals surface area contributed by atoms with Crippen LogP contribution >= 0.6 is 0 Å².